The van der Waals surface area contributed by atoms with Crippen LogP contribution in [0.5, 0.6) is 0 Å². The van der Waals surface area contributed by atoms with Gasteiger partial charge in [-0.2, -0.15) is 0 Å². The Balaban J connectivity index is 3.14. The minimum absolute atomic E-state index is 0.226. The second-order valence-electron chi connectivity index (χ2n) is 6.54. The molecule has 20 heavy (non-hydrogen) atoms. The maximum atomic E-state index is 10.7. The molecule has 0 aliphatic rings. The largest absolute Gasteiger partial charge is 0.303 e. The van der Waals surface area contributed by atoms with Crippen molar-refractivity contribution in [2.75, 3.05) is 0 Å². The van der Waals surface area contributed by atoms with Crippen molar-refractivity contribution in [2.24, 2.45) is 5.41 Å². The van der Waals surface area contributed by atoms with E-state index in [0.717, 1.165) is 19.1 Å². The van der Waals surface area contributed by atoms with Crippen LogP contribution in [0.2, 0.25) is 5.04 Å². The molecule has 0 bridgehead atoms. The van der Waals surface area contributed by atoms with E-state index in [0.29, 0.717) is 6.42 Å². The highest BCUT2D eigenvalue weighted by Crippen LogP contribution is 2.50. The van der Waals surface area contributed by atoms with Gasteiger partial charge in [0.15, 0.2) is 7.42 Å². The van der Waals surface area contributed by atoms with E-state index in [9.17, 15) is 4.79 Å². The Labute approximate surface area is 133 Å². The average Bonchev–Trinajstić information content (AvgIpc) is 2.44. The third-order valence-electron chi connectivity index (χ3n) is 4.91. The van der Waals surface area contributed by atoms with Gasteiger partial charge in [-0.1, -0.05) is 65.3 Å². The maximum absolute atomic E-state index is 10.7. The lowest BCUT2D eigenvalue weighted by atomic mass is 9.78. The quantitative estimate of drug-likeness (QED) is 0.396. The number of halogens is 1. The molecule has 0 spiro atoms. The van der Waals surface area contributed by atoms with Crippen LogP contribution in [0.1, 0.15) is 53.0 Å². The summed E-state index contributed by atoms with van der Waals surface area (Å²) in [5.74, 6) is 0. The molecule has 0 heterocycles. The number of aldehydes is 1. The maximum Gasteiger partial charge on any atom is 0.176 e. The van der Waals surface area contributed by atoms with E-state index in [2.05, 4.69) is 74.2 Å². The summed E-state index contributed by atoms with van der Waals surface area (Å²) in [5, 5.41) is 1.65. The van der Waals surface area contributed by atoms with E-state index in [4.69, 9.17) is 0 Å². The van der Waals surface area contributed by atoms with E-state index >= 15 is 0 Å². The van der Waals surface area contributed by atoms with E-state index in [1.807, 2.05) is 0 Å². The first kappa shape index (κ1) is 17.6. The molecule has 0 saturated heterocycles. The van der Waals surface area contributed by atoms with Gasteiger partial charge in [-0.15, -0.1) is 15.3 Å². The summed E-state index contributed by atoms with van der Waals surface area (Å²) in [6, 6.07) is 8.58. The van der Waals surface area contributed by atoms with Gasteiger partial charge < -0.3 is 4.79 Å². The molecular weight excluding hydrogens is 328 g/mol. The lowest BCUT2D eigenvalue weighted by Crippen LogP contribution is -2.44. The van der Waals surface area contributed by atoms with Gasteiger partial charge in [-0.3, -0.25) is 0 Å². The van der Waals surface area contributed by atoms with E-state index < -0.39 is 7.42 Å². The summed E-state index contributed by atoms with van der Waals surface area (Å²) in [4.78, 5) is 10.7. The predicted octanol–water partition coefficient (Wildman–Crippen LogP) is 4.63. The van der Waals surface area contributed by atoms with Gasteiger partial charge in [0.05, 0.1) is 0 Å². The zero-order chi connectivity index (χ0) is 15.4. The molecule has 0 unspecified atom stereocenters. The molecule has 0 atom stereocenters. The van der Waals surface area contributed by atoms with Crippen molar-refractivity contribution >= 4 is 34.2 Å². The van der Waals surface area contributed by atoms with Crippen molar-refractivity contribution in [1.29, 1.82) is 0 Å². The molecule has 3 heteroatoms. The second-order valence-corrected chi connectivity index (χ2v) is 11.3. The minimum atomic E-state index is -0.876. The first-order chi connectivity index (χ1) is 9.28. The molecule has 111 valence electrons. The third kappa shape index (κ3) is 3.61. The van der Waals surface area contributed by atoms with E-state index in [-0.39, 0.29) is 10.5 Å². The minimum Gasteiger partial charge on any atom is -0.303 e. The number of benzene rings is 1. The Morgan fingerprint density at radius 3 is 2.35 bits per heavy atom. The van der Waals surface area contributed by atoms with Gasteiger partial charge in [0.1, 0.15) is 6.29 Å². The number of hydrogen-bond donors (Lipinski definition) is 0. The Morgan fingerprint density at radius 2 is 1.80 bits per heavy atom. The van der Waals surface area contributed by atoms with Crippen molar-refractivity contribution in [2.45, 2.75) is 58.9 Å². The van der Waals surface area contributed by atoms with Gasteiger partial charge in [-0.05, 0) is 27.6 Å². The molecule has 0 aliphatic carbocycles. The first-order valence-corrected chi connectivity index (χ1v) is 11.1. The van der Waals surface area contributed by atoms with E-state index in [1.165, 1.54) is 10.8 Å². The van der Waals surface area contributed by atoms with Gasteiger partial charge >= 0.3 is 0 Å². The number of carbonyl (C=O) groups is 1. The average molecular weight is 354 g/mol. The molecule has 1 aromatic rings. The molecule has 0 N–H and O–H groups in total. The molecule has 1 rings (SSSR count). The summed E-state index contributed by atoms with van der Waals surface area (Å²) >= 11 is 4.04. The van der Waals surface area contributed by atoms with Crippen LogP contribution in [0.3, 0.4) is 0 Å². The van der Waals surface area contributed by atoms with Crippen molar-refractivity contribution in [3.05, 3.63) is 29.8 Å². The van der Waals surface area contributed by atoms with Gasteiger partial charge in [0.25, 0.3) is 0 Å². The monoisotopic (exact) mass is 353 g/mol. The van der Waals surface area contributed by atoms with Crippen LogP contribution >= 0.6 is 15.3 Å². The molecule has 0 aromatic heterocycles. The zero-order valence-electron chi connectivity index (χ0n) is 13.3. The molecule has 1 aromatic carbocycles. The molecule has 1 radical (unpaired) electrons. The molecule has 0 aliphatic heterocycles. The number of hydrogen-bond acceptors (Lipinski definition) is 1. The SMILES string of the molecule is CCC(C)(C)C(C)(C)[Si](Br)c1ccccc1CCC=O. The van der Waals surface area contributed by atoms with Crippen LogP contribution in [-0.2, 0) is 11.2 Å². The van der Waals surface area contributed by atoms with Crippen LogP contribution in [0, 0.1) is 5.41 Å². The third-order valence-corrected chi connectivity index (χ3v) is 11.9. The van der Waals surface area contributed by atoms with Gasteiger partial charge in [0, 0.05) is 6.42 Å². The second kappa shape index (κ2) is 7.03. The van der Waals surface area contributed by atoms with Gasteiger partial charge in [-0.25, -0.2) is 0 Å². The summed E-state index contributed by atoms with van der Waals surface area (Å²) < 4.78 is 0. The lowest BCUT2D eigenvalue weighted by Gasteiger charge is -2.44. The Kier molecular flexibility index (Phi) is 6.20. The molecular formula is C17H26BrOSi. The summed E-state index contributed by atoms with van der Waals surface area (Å²) in [5.41, 5.74) is 1.60. The fraction of sp³-hybridized carbons (Fsp3) is 0.588. The lowest BCUT2D eigenvalue weighted by molar-refractivity contribution is -0.107. The standard InChI is InChI=1S/C17H26BrOSi/c1-6-16(2,3)17(4,5)20(18)15-12-8-7-10-14(15)11-9-13-19/h7-8,10,12-13H,6,9,11H2,1-5H3. The predicted molar refractivity (Wildman–Crippen MR) is 93.3 cm³/mol. The Morgan fingerprint density at radius 1 is 1.20 bits per heavy atom. The van der Waals surface area contributed by atoms with Crippen LogP contribution < -0.4 is 5.19 Å². The summed E-state index contributed by atoms with van der Waals surface area (Å²) in [6.07, 6.45) is 3.63. The first-order valence-electron chi connectivity index (χ1n) is 7.32. The summed E-state index contributed by atoms with van der Waals surface area (Å²) in [6.45, 7) is 11.7. The van der Waals surface area contributed by atoms with Crippen LogP contribution in [0.4, 0.5) is 0 Å². The van der Waals surface area contributed by atoms with Crippen molar-refractivity contribution in [3.8, 4) is 0 Å². The Hall–Kier alpha value is -0.413. The van der Waals surface area contributed by atoms with Gasteiger partial charge in [0.2, 0.25) is 0 Å². The highest BCUT2D eigenvalue weighted by Gasteiger charge is 2.43. The number of rotatable bonds is 7. The smallest absolute Gasteiger partial charge is 0.176 e. The highest BCUT2D eigenvalue weighted by atomic mass is 79.9. The number of aryl methyl sites for hydroxylation is 1. The van der Waals surface area contributed by atoms with Crippen molar-refractivity contribution in [3.63, 3.8) is 0 Å². The van der Waals surface area contributed by atoms with Crippen LogP contribution in [0.15, 0.2) is 24.3 Å². The zero-order valence-corrected chi connectivity index (χ0v) is 15.9. The topological polar surface area (TPSA) is 17.1 Å². The fourth-order valence-electron chi connectivity index (χ4n) is 2.24. The Bertz CT molecular complexity index is 454. The fourth-order valence-corrected chi connectivity index (χ4v) is 7.19. The van der Waals surface area contributed by atoms with E-state index in [1.54, 1.807) is 0 Å². The van der Waals surface area contributed by atoms with Crippen LogP contribution in [-0.4, -0.2) is 13.7 Å². The number of carbonyl (C=O) groups excluding carboxylic acids is 1. The molecule has 0 fully saturated rings. The van der Waals surface area contributed by atoms with Crippen molar-refractivity contribution in [1.82, 2.24) is 0 Å². The van der Waals surface area contributed by atoms with Crippen molar-refractivity contribution < 1.29 is 4.79 Å². The summed E-state index contributed by atoms with van der Waals surface area (Å²) in [7, 11) is -0.876. The molecule has 0 saturated carbocycles. The molecule has 0 amide bonds. The van der Waals surface area contributed by atoms with Crippen LogP contribution in [0.25, 0.3) is 0 Å². The highest BCUT2D eigenvalue weighted by molar-refractivity contribution is 9.25. The molecule has 1 nitrogen and oxygen atoms in total. The normalized spacial score (nSPS) is 12.8.